The Balaban J connectivity index is 3.15. The molecular weight excluding hydrogens is 150 g/mol. The highest BCUT2D eigenvalue weighted by Gasteiger charge is 1.95. The summed E-state index contributed by atoms with van der Waals surface area (Å²) in [5.74, 6) is 0. The molecule has 0 spiro atoms. The molecule has 0 aromatic carbocycles. The Labute approximate surface area is 61.4 Å². The third-order valence-electron chi connectivity index (χ3n) is 1.14. The molecule has 1 atom stereocenters. The van der Waals surface area contributed by atoms with Gasteiger partial charge >= 0.3 is 0 Å². The Hall–Kier alpha value is -0.740. The first-order valence-electron chi connectivity index (χ1n) is 2.72. The minimum Gasteiger partial charge on any atom is -0.768 e. The summed E-state index contributed by atoms with van der Waals surface area (Å²) in [4.78, 5) is 4.07. The molecule has 0 aliphatic rings. The predicted octanol–water partition coefficient (Wildman–Crippen LogP) is 0.628. The van der Waals surface area contributed by atoms with Crippen LogP contribution in [0.5, 0.6) is 0 Å². The largest absolute Gasteiger partial charge is 0.768 e. The molecule has 0 saturated heterocycles. The number of hydrogen-bond donors (Lipinski definition) is 0. The normalized spacial score (nSPS) is 13.0. The van der Waals surface area contributed by atoms with Gasteiger partial charge in [-0.25, -0.2) is 0 Å². The van der Waals surface area contributed by atoms with E-state index in [-0.39, 0.29) is 4.90 Å². The van der Waals surface area contributed by atoms with Crippen molar-refractivity contribution in [1.29, 1.82) is 0 Å². The summed E-state index contributed by atoms with van der Waals surface area (Å²) in [5.41, 5.74) is 0.538. The van der Waals surface area contributed by atoms with Crippen LogP contribution < -0.4 is 0 Å². The maximum atomic E-state index is 10.4. The van der Waals surface area contributed by atoms with Gasteiger partial charge in [0.1, 0.15) is 0 Å². The van der Waals surface area contributed by atoms with Gasteiger partial charge in [-0.15, -0.1) is 0 Å². The summed E-state index contributed by atoms with van der Waals surface area (Å²) >= 11 is -2.15. The second kappa shape index (κ2) is 2.90. The van der Waals surface area contributed by atoms with Crippen LogP contribution in [0.15, 0.2) is 23.2 Å². The molecule has 1 unspecified atom stereocenters. The molecule has 4 heteroatoms. The minimum atomic E-state index is -2.15. The molecule has 0 aliphatic heterocycles. The molecule has 1 aromatic heterocycles. The van der Waals surface area contributed by atoms with Crippen molar-refractivity contribution in [3.05, 3.63) is 24.0 Å². The first-order valence-corrected chi connectivity index (χ1v) is 3.80. The molecule has 0 radical (unpaired) electrons. The smallest absolute Gasteiger partial charge is 0.0522 e. The fourth-order valence-corrected chi connectivity index (χ4v) is 1.13. The number of hydrogen-bond acceptors (Lipinski definition) is 3. The van der Waals surface area contributed by atoms with Gasteiger partial charge in [-0.3, -0.25) is 9.19 Å². The maximum Gasteiger partial charge on any atom is 0.0522 e. The molecule has 10 heavy (non-hydrogen) atoms. The van der Waals surface area contributed by atoms with Crippen LogP contribution in [0.1, 0.15) is 5.69 Å². The van der Waals surface area contributed by atoms with Crippen molar-refractivity contribution in [2.75, 3.05) is 0 Å². The summed E-state index contributed by atoms with van der Waals surface area (Å²) < 4.78 is 20.8. The van der Waals surface area contributed by atoms with Crippen LogP contribution in [0, 0.1) is 6.92 Å². The van der Waals surface area contributed by atoms with Crippen LogP contribution >= 0.6 is 0 Å². The Kier molecular flexibility index (Phi) is 2.13. The molecule has 0 saturated carbocycles. The van der Waals surface area contributed by atoms with Crippen LogP contribution in [0.4, 0.5) is 0 Å². The van der Waals surface area contributed by atoms with E-state index in [0.717, 1.165) is 0 Å². The van der Waals surface area contributed by atoms with Crippen molar-refractivity contribution >= 4 is 11.1 Å². The first-order chi connectivity index (χ1) is 4.72. The average Bonchev–Trinajstić information content (AvgIpc) is 1.88. The minimum absolute atomic E-state index is 0.266. The van der Waals surface area contributed by atoms with Crippen molar-refractivity contribution in [1.82, 2.24) is 4.98 Å². The van der Waals surface area contributed by atoms with Gasteiger partial charge in [0.2, 0.25) is 0 Å². The van der Waals surface area contributed by atoms with E-state index < -0.39 is 11.1 Å². The van der Waals surface area contributed by atoms with E-state index in [1.807, 2.05) is 0 Å². The van der Waals surface area contributed by atoms with E-state index in [0.29, 0.717) is 5.69 Å². The third kappa shape index (κ3) is 1.40. The monoisotopic (exact) mass is 156 g/mol. The summed E-state index contributed by atoms with van der Waals surface area (Å²) in [6.07, 6.45) is 1.56. The zero-order chi connectivity index (χ0) is 7.56. The van der Waals surface area contributed by atoms with Crippen LogP contribution in [-0.2, 0) is 11.1 Å². The van der Waals surface area contributed by atoms with Crippen molar-refractivity contribution < 1.29 is 8.76 Å². The quantitative estimate of drug-likeness (QED) is 0.560. The molecule has 0 N–H and O–H groups in total. The molecule has 3 nitrogen and oxygen atoms in total. The van der Waals surface area contributed by atoms with Crippen molar-refractivity contribution in [3.63, 3.8) is 0 Å². The molecule has 1 aromatic rings. The van der Waals surface area contributed by atoms with Gasteiger partial charge in [0, 0.05) is 11.1 Å². The molecule has 0 fully saturated rings. The Morgan fingerprint density at radius 1 is 1.70 bits per heavy atom. The van der Waals surface area contributed by atoms with E-state index in [1.165, 1.54) is 6.07 Å². The van der Waals surface area contributed by atoms with E-state index in [4.69, 9.17) is 0 Å². The van der Waals surface area contributed by atoms with Gasteiger partial charge in [0.25, 0.3) is 0 Å². The summed E-state index contributed by atoms with van der Waals surface area (Å²) in [5, 5.41) is 0. The van der Waals surface area contributed by atoms with Gasteiger partial charge in [0.15, 0.2) is 0 Å². The highest BCUT2D eigenvalue weighted by atomic mass is 32.2. The molecule has 1 heterocycles. The fraction of sp³-hybridized carbons (Fsp3) is 0.167. The highest BCUT2D eigenvalue weighted by Crippen LogP contribution is 2.06. The molecule has 0 aliphatic carbocycles. The topological polar surface area (TPSA) is 53.0 Å². The van der Waals surface area contributed by atoms with Gasteiger partial charge in [-0.2, -0.15) is 0 Å². The fourth-order valence-electron chi connectivity index (χ4n) is 0.646. The van der Waals surface area contributed by atoms with E-state index >= 15 is 0 Å². The van der Waals surface area contributed by atoms with Crippen molar-refractivity contribution in [2.45, 2.75) is 11.8 Å². The standard InChI is InChI=1S/C6H7NO2S/c1-5-6(10(8)9)3-2-4-7-5/h2-4H,1H3,(H,8,9)/p-1. The predicted molar refractivity (Wildman–Crippen MR) is 36.2 cm³/mol. The van der Waals surface area contributed by atoms with Crippen LogP contribution in [0.25, 0.3) is 0 Å². The molecule has 1 rings (SSSR count). The van der Waals surface area contributed by atoms with Crippen molar-refractivity contribution in [2.24, 2.45) is 0 Å². The zero-order valence-electron chi connectivity index (χ0n) is 5.40. The van der Waals surface area contributed by atoms with Crippen molar-refractivity contribution in [3.8, 4) is 0 Å². The van der Waals surface area contributed by atoms with Crippen LogP contribution in [0.2, 0.25) is 0 Å². The third-order valence-corrected chi connectivity index (χ3v) is 1.93. The highest BCUT2D eigenvalue weighted by molar-refractivity contribution is 7.79. The number of nitrogens with zero attached hydrogens (tertiary/aromatic N) is 1. The van der Waals surface area contributed by atoms with E-state index in [9.17, 15) is 8.76 Å². The Bertz CT molecular complexity index is 262. The summed E-state index contributed by atoms with van der Waals surface area (Å²) in [6.45, 7) is 1.66. The molecule has 0 bridgehead atoms. The van der Waals surface area contributed by atoms with Gasteiger partial charge in [-0.1, -0.05) is 0 Å². The maximum absolute atomic E-state index is 10.4. The van der Waals surface area contributed by atoms with Gasteiger partial charge < -0.3 is 4.55 Å². The van der Waals surface area contributed by atoms with E-state index in [2.05, 4.69) is 4.98 Å². The van der Waals surface area contributed by atoms with Crippen LogP contribution in [-0.4, -0.2) is 13.7 Å². The van der Waals surface area contributed by atoms with Gasteiger partial charge in [-0.05, 0) is 30.1 Å². The zero-order valence-corrected chi connectivity index (χ0v) is 6.22. The average molecular weight is 156 g/mol. The van der Waals surface area contributed by atoms with E-state index in [1.54, 1.807) is 19.2 Å². The van der Waals surface area contributed by atoms with Gasteiger partial charge in [0.05, 0.1) is 5.69 Å². The number of pyridine rings is 1. The van der Waals surface area contributed by atoms with Crippen LogP contribution in [0.3, 0.4) is 0 Å². The molecule has 54 valence electrons. The lowest BCUT2D eigenvalue weighted by Gasteiger charge is -2.05. The number of aryl methyl sites for hydroxylation is 1. The SMILES string of the molecule is Cc1ncccc1S(=O)[O-]. The number of aromatic nitrogens is 1. The lowest BCUT2D eigenvalue weighted by atomic mass is 10.4. The summed E-state index contributed by atoms with van der Waals surface area (Å²) in [7, 11) is 0. The second-order valence-corrected chi connectivity index (χ2v) is 2.73. The Morgan fingerprint density at radius 2 is 2.40 bits per heavy atom. The summed E-state index contributed by atoms with van der Waals surface area (Å²) in [6, 6.07) is 3.11. The lowest BCUT2D eigenvalue weighted by molar-refractivity contribution is 0.536. The molecular formula is C6H6NO2S-. The lowest BCUT2D eigenvalue weighted by Crippen LogP contribution is -1.93. The second-order valence-electron chi connectivity index (χ2n) is 1.82. The number of rotatable bonds is 1. The first kappa shape index (κ1) is 7.37. The molecule has 0 amide bonds. The Morgan fingerprint density at radius 3 is 2.80 bits per heavy atom.